The molecule has 1 atom stereocenters. The number of hydrogen-bond donors (Lipinski definition) is 1. The van der Waals surface area contributed by atoms with Crippen LogP contribution in [-0.2, 0) is 22.4 Å². The lowest BCUT2D eigenvalue weighted by Gasteiger charge is -2.12. The normalized spacial score (nSPS) is 11.9. The summed E-state index contributed by atoms with van der Waals surface area (Å²) >= 11 is 0. The number of aryl methyl sites for hydroxylation is 1. The topological polar surface area (TPSA) is 46.5 Å². The van der Waals surface area contributed by atoms with Crippen LogP contribution in [0.15, 0.2) is 48.5 Å². The third-order valence-corrected chi connectivity index (χ3v) is 3.64. The molecule has 1 N–H and O–H groups in total. The molecule has 0 aliphatic rings. The van der Waals surface area contributed by atoms with Crippen molar-refractivity contribution in [1.82, 2.24) is 0 Å². The maximum Gasteiger partial charge on any atom is 0.308 e. The van der Waals surface area contributed by atoms with E-state index in [0.29, 0.717) is 19.4 Å². The number of esters is 1. The lowest BCUT2D eigenvalue weighted by Crippen LogP contribution is -2.18. The van der Waals surface area contributed by atoms with Crippen LogP contribution in [-0.4, -0.2) is 17.7 Å². The van der Waals surface area contributed by atoms with Gasteiger partial charge in [-0.15, -0.1) is 0 Å². The predicted octanol–water partition coefficient (Wildman–Crippen LogP) is 3.67. The standard InChI is InChI=1S/C19H22O3/c1-14-3-5-17(6-4-14)13-15(2)19(21)22-12-11-16-7-9-18(20)10-8-16/h3-10,15,20H,11-13H2,1-2H3. The van der Waals surface area contributed by atoms with E-state index in [1.54, 1.807) is 12.1 Å². The summed E-state index contributed by atoms with van der Waals surface area (Å²) in [5, 5.41) is 9.21. The summed E-state index contributed by atoms with van der Waals surface area (Å²) in [6.45, 7) is 4.30. The highest BCUT2D eigenvalue weighted by Gasteiger charge is 2.15. The molecule has 0 aliphatic carbocycles. The second-order valence-corrected chi connectivity index (χ2v) is 5.67. The Balaban J connectivity index is 1.76. The molecular weight excluding hydrogens is 276 g/mol. The Kier molecular flexibility index (Phi) is 5.59. The molecule has 22 heavy (non-hydrogen) atoms. The molecule has 0 aliphatic heterocycles. The Morgan fingerprint density at radius 2 is 1.64 bits per heavy atom. The maximum atomic E-state index is 12.0. The minimum Gasteiger partial charge on any atom is -0.508 e. The number of rotatable bonds is 6. The summed E-state index contributed by atoms with van der Waals surface area (Å²) in [7, 11) is 0. The zero-order chi connectivity index (χ0) is 15.9. The molecule has 0 amide bonds. The maximum absolute atomic E-state index is 12.0. The van der Waals surface area contributed by atoms with Crippen LogP contribution in [0.3, 0.4) is 0 Å². The molecule has 0 bridgehead atoms. The molecule has 116 valence electrons. The van der Waals surface area contributed by atoms with E-state index in [4.69, 9.17) is 4.74 Å². The Morgan fingerprint density at radius 3 is 2.27 bits per heavy atom. The second kappa shape index (κ2) is 7.64. The zero-order valence-corrected chi connectivity index (χ0v) is 13.1. The lowest BCUT2D eigenvalue weighted by atomic mass is 10.0. The fourth-order valence-electron chi connectivity index (χ4n) is 2.24. The van der Waals surface area contributed by atoms with Crippen LogP contribution in [0.2, 0.25) is 0 Å². The van der Waals surface area contributed by atoms with Gasteiger partial charge in [-0.2, -0.15) is 0 Å². The lowest BCUT2D eigenvalue weighted by molar-refractivity contribution is -0.147. The van der Waals surface area contributed by atoms with Gasteiger partial charge >= 0.3 is 5.97 Å². The van der Waals surface area contributed by atoms with Crippen LogP contribution in [0.1, 0.15) is 23.6 Å². The SMILES string of the molecule is Cc1ccc(CC(C)C(=O)OCCc2ccc(O)cc2)cc1. The first-order valence-electron chi connectivity index (χ1n) is 7.54. The monoisotopic (exact) mass is 298 g/mol. The van der Waals surface area contributed by atoms with E-state index in [9.17, 15) is 9.90 Å². The van der Waals surface area contributed by atoms with Gasteiger partial charge in [0, 0.05) is 6.42 Å². The van der Waals surface area contributed by atoms with Gasteiger partial charge in [-0.25, -0.2) is 0 Å². The molecule has 0 heterocycles. The van der Waals surface area contributed by atoms with Crippen LogP contribution < -0.4 is 0 Å². The molecule has 0 spiro atoms. The van der Waals surface area contributed by atoms with E-state index < -0.39 is 0 Å². The second-order valence-electron chi connectivity index (χ2n) is 5.67. The van der Waals surface area contributed by atoms with Crippen molar-refractivity contribution in [2.75, 3.05) is 6.61 Å². The van der Waals surface area contributed by atoms with Crippen molar-refractivity contribution >= 4 is 5.97 Å². The Morgan fingerprint density at radius 1 is 1.05 bits per heavy atom. The number of aromatic hydroxyl groups is 1. The van der Waals surface area contributed by atoms with E-state index >= 15 is 0 Å². The van der Waals surface area contributed by atoms with Crippen molar-refractivity contribution in [3.63, 3.8) is 0 Å². The first-order chi connectivity index (χ1) is 10.5. The molecular formula is C19H22O3. The smallest absolute Gasteiger partial charge is 0.308 e. The van der Waals surface area contributed by atoms with E-state index in [2.05, 4.69) is 24.3 Å². The van der Waals surface area contributed by atoms with Gasteiger partial charge in [-0.1, -0.05) is 48.9 Å². The van der Waals surface area contributed by atoms with Crippen molar-refractivity contribution in [1.29, 1.82) is 0 Å². The number of carbonyl (C=O) groups excluding carboxylic acids is 1. The molecule has 2 aromatic carbocycles. The molecule has 1 unspecified atom stereocenters. The molecule has 2 rings (SSSR count). The molecule has 0 saturated heterocycles. The molecule has 0 aromatic heterocycles. The zero-order valence-electron chi connectivity index (χ0n) is 13.1. The van der Waals surface area contributed by atoms with Crippen molar-refractivity contribution in [3.8, 4) is 5.75 Å². The number of benzene rings is 2. The summed E-state index contributed by atoms with van der Waals surface area (Å²) in [6, 6.07) is 15.1. The number of phenolic OH excluding ortho intramolecular Hbond substituents is 1. The van der Waals surface area contributed by atoms with Gasteiger partial charge < -0.3 is 9.84 Å². The Labute approximate surface area is 131 Å². The number of phenols is 1. The van der Waals surface area contributed by atoms with Crippen LogP contribution in [0.5, 0.6) is 5.75 Å². The van der Waals surface area contributed by atoms with Gasteiger partial charge in [0.25, 0.3) is 0 Å². The summed E-state index contributed by atoms with van der Waals surface area (Å²) in [4.78, 5) is 12.0. The van der Waals surface area contributed by atoms with Crippen molar-refractivity contribution < 1.29 is 14.6 Å². The first-order valence-corrected chi connectivity index (χ1v) is 7.54. The van der Waals surface area contributed by atoms with E-state index in [1.165, 1.54) is 5.56 Å². The van der Waals surface area contributed by atoms with Gasteiger partial charge in [0.2, 0.25) is 0 Å². The molecule has 0 saturated carbocycles. The summed E-state index contributed by atoms with van der Waals surface area (Å²) in [6.07, 6.45) is 1.35. The molecule has 3 heteroatoms. The first kappa shape index (κ1) is 16.1. The van der Waals surface area contributed by atoms with Gasteiger partial charge in [-0.3, -0.25) is 4.79 Å². The number of ether oxygens (including phenoxy) is 1. The van der Waals surface area contributed by atoms with Crippen LogP contribution in [0, 0.1) is 12.8 Å². The summed E-state index contributed by atoms with van der Waals surface area (Å²) in [5.41, 5.74) is 3.40. The summed E-state index contributed by atoms with van der Waals surface area (Å²) in [5.74, 6) is -0.0747. The van der Waals surface area contributed by atoms with Crippen molar-refractivity contribution in [3.05, 3.63) is 65.2 Å². The van der Waals surface area contributed by atoms with Gasteiger partial charge in [0.05, 0.1) is 12.5 Å². The average molecular weight is 298 g/mol. The Hall–Kier alpha value is -2.29. The molecule has 3 nitrogen and oxygen atoms in total. The van der Waals surface area contributed by atoms with Crippen LogP contribution in [0.25, 0.3) is 0 Å². The summed E-state index contributed by atoms with van der Waals surface area (Å²) < 4.78 is 5.33. The van der Waals surface area contributed by atoms with Crippen molar-refractivity contribution in [2.24, 2.45) is 5.92 Å². The highest BCUT2D eigenvalue weighted by atomic mass is 16.5. The Bertz CT molecular complexity index is 600. The third kappa shape index (κ3) is 4.92. The highest BCUT2D eigenvalue weighted by molar-refractivity contribution is 5.72. The van der Waals surface area contributed by atoms with Gasteiger partial charge in [-0.05, 0) is 36.6 Å². The minimum absolute atomic E-state index is 0.150. The highest BCUT2D eigenvalue weighted by Crippen LogP contribution is 2.13. The van der Waals surface area contributed by atoms with Crippen LogP contribution in [0.4, 0.5) is 0 Å². The van der Waals surface area contributed by atoms with Gasteiger partial charge in [0.15, 0.2) is 0 Å². The fourth-order valence-corrected chi connectivity index (χ4v) is 2.24. The molecule has 0 radical (unpaired) electrons. The molecule has 2 aromatic rings. The predicted molar refractivity (Wildman–Crippen MR) is 86.8 cm³/mol. The minimum atomic E-state index is -0.167. The third-order valence-electron chi connectivity index (χ3n) is 3.64. The van der Waals surface area contributed by atoms with Gasteiger partial charge in [0.1, 0.15) is 5.75 Å². The number of hydrogen-bond acceptors (Lipinski definition) is 3. The van der Waals surface area contributed by atoms with E-state index in [1.807, 2.05) is 26.0 Å². The molecule has 0 fully saturated rings. The number of carbonyl (C=O) groups is 1. The largest absolute Gasteiger partial charge is 0.508 e. The average Bonchev–Trinajstić information content (AvgIpc) is 2.51. The van der Waals surface area contributed by atoms with Crippen molar-refractivity contribution in [2.45, 2.75) is 26.7 Å². The van der Waals surface area contributed by atoms with E-state index in [0.717, 1.165) is 11.1 Å². The quantitative estimate of drug-likeness (QED) is 0.828. The van der Waals surface area contributed by atoms with Crippen LogP contribution >= 0.6 is 0 Å². The van der Waals surface area contributed by atoms with E-state index in [-0.39, 0.29) is 17.6 Å². The fraction of sp³-hybridized carbons (Fsp3) is 0.316.